The summed E-state index contributed by atoms with van der Waals surface area (Å²) in [4.78, 5) is 24.7. The maximum absolute atomic E-state index is 12.9. The molecule has 1 aliphatic rings. The van der Waals surface area contributed by atoms with Crippen molar-refractivity contribution < 1.29 is 23.8 Å². The second kappa shape index (κ2) is 10.8. The fourth-order valence-electron chi connectivity index (χ4n) is 3.50. The third-order valence-electron chi connectivity index (χ3n) is 4.90. The fraction of sp³-hybridized carbons (Fsp3) is 0.346. The second-order valence-electron chi connectivity index (χ2n) is 8.65. The van der Waals surface area contributed by atoms with Gasteiger partial charge in [0.05, 0.1) is 19.8 Å². The molecule has 1 amide bonds. The lowest BCUT2D eigenvalue weighted by Crippen LogP contribution is -2.43. The number of hydrogen-bond acceptors (Lipinski definition) is 6. The van der Waals surface area contributed by atoms with Crippen LogP contribution in [0.25, 0.3) is 0 Å². The summed E-state index contributed by atoms with van der Waals surface area (Å²) in [5.41, 5.74) is 0.290. The largest absolute Gasteiger partial charge is 0.463 e. The average Bonchev–Trinajstić information content (AvgIpc) is 3.18. The molecule has 0 saturated carbocycles. The quantitative estimate of drug-likeness (QED) is 0.392. The first-order chi connectivity index (χ1) is 16.1. The van der Waals surface area contributed by atoms with Crippen LogP contribution in [0, 0.1) is 0 Å². The van der Waals surface area contributed by atoms with E-state index in [4.69, 9.17) is 25.8 Å². The molecule has 1 atom stereocenters. The lowest BCUT2D eigenvalue weighted by atomic mass is 9.85. The van der Waals surface area contributed by atoms with Gasteiger partial charge in [-0.25, -0.2) is 9.59 Å². The SMILES string of the molecule is CCOC(=O)C=CCOC1(c2ccccc2)CN(C(=O)OC(C)(C)C)N=C1c1ccc(Cl)cc1. The molecule has 0 N–H and O–H groups in total. The van der Waals surface area contributed by atoms with E-state index >= 15 is 0 Å². The molecule has 3 rings (SSSR count). The molecule has 8 heteroatoms. The van der Waals surface area contributed by atoms with E-state index in [1.807, 2.05) is 42.5 Å². The van der Waals surface area contributed by atoms with Crippen molar-refractivity contribution in [2.45, 2.75) is 38.9 Å². The molecule has 0 saturated heterocycles. The van der Waals surface area contributed by atoms with E-state index in [2.05, 4.69) is 5.10 Å². The smallest absolute Gasteiger partial charge is 0.431 e. The zero-order chi connectivity index (χ0) is 24.8. The van der Waals surface area contributed by atoms with Crippen LogP contribution in [0.1, 0.15) is 38.8 Å². The summed E-state index contributed by atoms with van der Waals surface area (Å²) in [5.74, 6) is -0.451. The second-order valence-corrected chi connectivity index (χ2v) is 9.09. The molecule has 0 fully saturated rings. The Morgan fingerprint density at radius 2 is 1.79 bits per heavy atom. The van der Waals surface area contributed by atoms with E-state index in [0.717, 1.165) is 11.1 Å². The van der Waals surface area contributed by atoms with E-state index in [-0.39, 0.29) is 19.8 Å². The number of halogens is 1. The highest BCUT2D eigenvalue weighted by atomic mass is 35.5. The predicted octanol–water partition coefficient (Wildman–Crippen LogP) is 5.33. The minimum Gasteiger partial charge on any atom is -0.463 e. The van der Waals surface area contributed by atoms with Crippen LogP contribution in [0.3, 0.4) is 0 Å². The van der Waals surface area contributed by atoms with Gasteiger partial charge in [-0.05, 0) is 45.4 Å². The molecule has 0 aromatic heterocycles. The molecule has 1 heterocycles. The summed E-state index contributed by atoms with van der Waals surface area (Å²) in [6.45, 7) is 7.60. The Morgan fingerprint density at radius 1 is 1.12 bits per heavy atom. The van der Waals surface area contributed by atoms with Crippen LogP contribution in [-0.4, -0.2) is 48.1 Å². The highest BCUT2D eigenvalue weighted by molar-refractivity contribution is 6.30. The van der Waals surface area contributed by atoms with Crippen LogP contribution in [0.4, 0.5) is 4.79 Å². The Hall–Kier alpha value is -3.16. The summed E-state index contributed by atoms with van der Waals surface area (Å²) >= 11 is 6.11. The summed E-state index contributed by atoms with van der Waals surface area (Å²) < 4.78 is 16.9. The number of amides is 1. The number of nitrogens with zero attached hydrogens (tertiary/aromatic N) is 2. The third kappa shape index (κ3) is 6.24. The number of ether oxygens (including phenoxy) is 3. The fourth-order valence-corrected chi connectivity index (χ4v) is 3.63. The van der Waals surface area contributed by atoms with E-state index in [1.165, 1.54) is 11.1 Å². The number of esters is 1. The van der Waals surface area contributed by atoms with Crippen molar-refractivity contribution in [3.63, 3.8) is 0 Å². The van der Waals surface area contributed by atoms with Crippen molar-refractivity contribution in [1.29, 1.82) is 0 Å². The monoisotopic (exact) mass is 484 g/mol. The number of carbonyl (C=O) groups is 2. The Bertz CT molecular complexity index is 1060. The van der Waals surface area contributed by atoms with Crippen LogP contribution < -0.4 is 0 Å². The van der Waals surface area contributed by atoms with E-state index in [1.54, 1.807) is 45.9 Å². The third-order valence-corrected chi connectivity index (χ3v) is 5.16. The number of rotatable bonds is 7. The zero-order valence-electron chi connectivity index (χ0n) is 19.8. The molecule has 180 valence electrons. The summed E-state index contributed by atoms with van der Waals surface area (Å²) in [6.07, 6.45) is 2.32. The van der Waals surface area contributed by atoms with Crippen LogP contribution in [-0.2, 0) is 24.6 Å². The van der Waals surface area contributed by atoms with Crippen LogP contribution in [0.2, 0.25) is 5.02 Å². The minimum atomic E-state index is -1.11. The van der Waals surface area contributed by atoms with Crippen molar-refractivity contribution in [3.8, 4) is 0 Å². The van der Waals surface area contributed by atoms with Gasteiger partial charge in [0.15, 0.2) is 5.60 Å². The molecule has 1 aliphatic heterocycles. The van der Waals surface area contributed by atoms with Gasteiger partial charge in [-0.3, -0.25) is 0 Å². The number of carbonyl (C=O) groups excluding carboxylic acids is 2. The lowest BCUT2D eigenvalue weighted by Gasteiger charge is -2.31. The molecule has 2 aromatic carbocycles. The Balaban J connectivity index is 2.03. The maximum Gasteiger partial charge on any atom is 0.431 e. The number of hydrogen-bond donors (Lipinski definition) is 0. The maximum atomic E-state index is 12.9. The first-order valence-corrected chi connectivity index (χ1v) is 11.4. The van der Waals surface area contributed by atoms with Crippen molar-refractivity contribution >= 4 is 29.4 Å². The molecular weight excluding hydrogens is 456 g/mol. The van der Waals surface area contributed by atoms with Gasteiger partial charge in [-0.1, -0.05) is 60.1 Å². The molecule has 0 aliphatic carbocycles. The topological polar surface area (TPSA) is 77.4 Å². The molecule has 0 radical (unpaired) electrons. The zero-order valence-corrected chi connectivity index (χ0v) is 20.5. The molecule has 2 aromatic rings. The standard InChI is InChI=1S/C26H29ClN2O5/c1-5-32-22(30)12-9-17-33-26(20-10-7-6-8-11-20)18-29(24(31)34-25(2,3)4)28-23(26)19-13-15-21(27)16-14-19/h6-16H,5,17-18H2,1-4H3. The van der Waals surface area contributed by atoms with Crippen LogP contribution >= 0.6 is 11.6 Å². The average molecular weight is 485 g/mol. The molecule has 34 heavy (non-hydrogen) atoms. The molecular formula is C26H29ClN2O5. The van der Waals surface area contributed by atoms with Gasteiger partial charge in [0.25, 0.3) is 0 Å². The molecule has 0 bridgehead atoms. The highest BCUT2D eigenvalue weighted by Crippen LogP contribution is 2.37. The van der Waals surface area contributed by atoms with Gasteiger partial charge in [0.2, 0.25) is 0 Å². The molecule has 1 unspecified atom stereocenters. The first kappa shape index (κ1) is 25.5. The van der Waals surface area contributed by atoms with E-state index in [0.29, 0.717) is 10.7 Å². The number of benzene rings is 2. The Kier molecular flexibility index (Phi) is 8.12. The van der Waals surface area contributed by atoms with E-state index < -0.39 is 23.3 Å². The van der Waals surface area contributed by atoms with Gasteiger partial charge in [0.1, 0.15) is 11.3 Å². The summed E-state index contributed by atoms with van der Waals surface area (Å²) in [5, 5.41) is 6.49. The Morgan fingerprint density at radius 3 is 2.41 bits per heavy atom. The van der Waals surface area contributed by atoms with Crippen LogP contribution in [0.5, 0.6) is 0 Å². The van der Waals surface area contributed by atoms with Gasteiger partial charge in [-0.15, -0.1) is 0 Å². The molecule has 0 spiro atoms. The summed E-state index contributed by atoms with van der Waals surface area (Å²) in [7, 11) is 0. The highest BCUT2D eigenvalue weighted by Gasteiger charge is 2.48. The van der Waals surface area contributed by atoms with Gasteiger partial charge in [-0.2, -0.15) is 10.1 Å². The first-order valence-electron chi connectivity index (χ1n) is 11.0. The van der Waals surface area contributed by atoms with Gasteiger partial charge in [0, 0.05) is 16.7 Å². The normalized spacial score (nSPS) is 18.1. The van der Waals surface area contributed by atoms with Crippen LogP contribution in [0.15, 0.2) is 71.9 Å². The Labute approximate surface area is 204 Å². The lowest BCUT2D eigenvalue weighted by molar-refractivity contribution is -0.137. The van der Waals surface area contributed by atoms with Crippen molar-refractivity contribution in [3.05, 3.63) is 82.9 Å². The van der Waals surface area contributed by atoms with Crippen molar-refractivity contribution in [2.24, 2.45) is 5.10 Å². The summed E-state index contributed by atoms with van der Waals surface area (Å²) in [6, 6.07) is 16.7. The predicted molar refractivity (Wildman–Crippen MR) is 131 cm³/mol. The van der Waals surface area contributed by atoms with E-state index in [9.17, 15) is 9.59 Å². The van der Waals surface area contributed by atoms with Gasteiger partial charge >= 0.3 is 12.1 Å². The number of hydrazone groups is 1. The molecule has 7 nitrogen and oxygen atoms in total. The van der Waals surface area contributed by atoms with Gasteiger partial charge < -0.3 is 14.2 Å². The van der Waals surface area contributed by atoms with Crippen molar-refractivity contribution in [2.75, 3.05) is 19.8 Å². The minimum absolute atomic E-state index is 0.0858. The van der Waals surface area contributed by atoms with Crippen molar-refractivity contribution in [1.82, 2.24) is 5.01 Å².